The fourth-order valence-electron chi connectivity index (χ4n) is 1.75. The maximum atomic E-state index is 5.38. The maximum Gasteiger partial charge on any atom is 0.235 e. The van der Waals surface area contributed by atoms with Gasteiger partial charge in [0.15, 0.2) is 0 Å². The summed E-state index contributed by atoms with van der Waals surface area (Å²) in [6, 6.07) is 0. The second kappa shape index (κ2) is 11.3. The third kappa shape index (κ3) is 8.07. The number of likely N-dealkylation sites (N-methyl/N-ethyl adjacent to an activating group) is 1. The first kappa shape index (κ1) is 18.8. The van der Waals surface area contributed by atoms with Crippen LogP contribution in [0.2, 0.25) is 0 Å². The molecule has 1 aliphatic rings. The van der Waals surface area contributed by atoms with Crippen LogP contribution in [0.15, 0.2) is 65.2 Å². The van der Waals surface area contributed by atoms with Crippen LogP contribution in [0.1, 0.15) is 33.1 Å². The largest absolute Gasteiger partial charge is 0.391 e. The Morgan fingerprint density at radius 3 is 3.00 bits per heavy atom. The van der Waals surface area contributed by atoms with Crippen LogP contribution < -0.4 is 10.8 Å². The van der Waals surface area contributed by atoms with Crippen LogP contribution in [-0.4, -0.2) is 25.0 Å². The van der Waals surface area contributed by atoms with Crippen molar-refractivity contribution in [1.29, 1.82) is 0 Å². The molecule has 0 radical (unpaired) electrons. The molecule has 5 heteroatoms. The molecular formula is C18H28N4O. The third-order valence-corrected chi connectivity index (χ3v) is 3.21. The van der Waals surface area contributed by atoms with Crippen molar-refractivity contribution in [1.82, 2.24) is 15.8 Å². The molecule has 0 unspecified atom stereocenters. The predicted molar refractivity (Wildman–Crippen MR) is 97.3 cm³/mol. The van der Waals surface area contributed by atoms with Gasteiger partial charge in [-0.2, -0.15) is 5.48 Å². The molecule has 1 rings (SSSR count). The molecule has 1 aliphatic carbocycles. The van der Waals surface area contributed by atoms with E-state index in [0.29, 0.717) is 12.3 Å². The summed E-state index contributed by atoms with van der Waals surface area (Å²) in [7, 11) is 3.63. The van der Waals surface area contributed by atoms with Crippen molar-refractivity contribution in [2.45, 2.75) is 33.1 Å². The Kier molecular flexibility index (Phi) is 9.24. The van der Waals surface area contributed by atoms with Crippen molar-refractivity contribution in [3.05, 3.63) is 60.1 Å². The van der Waals surface area contributed by atoms with Gasteiger partial charge in [0.2, 0.25) is 5.90 Å². The molecule has 5 nitrogen and oxygen atoms in total. The van der Waals surface area contributed by atoms with Gasteiger partial charge < -0.3 is 10.2 Å². The number of hydrogen-bond donors (Lipinski definition) is 2. The van der Waals surface area contributed by atoms with Crippen molar-refractivity contribution >= 4 is 5.90 Å². The molecule has 2 N–H and O–H groups in total. The summed E-state index contributed by atoms with van der Waals surface area (Å²) in [5, 5.41) is 9.44. The maximum absolute atomic E-state index is 5.38. The molecule has 0 heterocycles. The Labute approximate surface area is 139 Å². The molecule has 126 valence electrons. The number of nitrogens with zero attached hydrogens (tertiary/aromatic N) is 2. The number of allylic oxidation sites excluding steroid dienone is 6. The van der Waals surface area contributed by atoms with Crippen molar-refractivity contribution in [2.24, 2.45) is 5.10 Å². The summed E-state index contributed by atoms with van der Waals surface area (Å²) >= 11 is 0. The third-order valence-electron chi connectivity index (χ3n) is 3.21. The van der Waals surface area contributed by atoms with Crippen LogP contribution in [0, 0.1) is 0 Å². The highest BCUT2D eigenvalue weighted by Crippen LogP contribution is 2.10. The van der Waals surface area contributed by atoms with Crippen LogP contribution in [0.5, 0.6) is 0 Å². The van der Waals surface area contributed by atoms with Crippen molar-refractivity contribution in [2.75, 3.05) is 14.1 Å². The Hall–Kier alpha value is -2.27. The van der Waals surface area contributed by atoms with E-state index in [0.717, 1.165) is 18.5 Å². The minimum atomic E-state index is 0.587. The van der Waals surface area contributed by atoms with E-state index in [2.05, 4.69) is 48.0 Å². The van der Waals surface area contributed by atoms with Crippen LogP contribution in [0.3, 0.4) is 0 Å². The van der Waals surface area contributed by atoms with E-state index in [1.54, 1.807) is 12.1 Å². The standard InChI is InChI=1S/C18H28N4O/c1-5-16(2)15-20-14-10-13-18(23-19-3)21-22(4)17-11-8-6-7-9-12-17/h6,8-12,14-15,19-20H,5,7,13H2,1-4H3/b14-10?,16-15+,21-18+. The SMILES string of the molecule is CC/C(C)=C/NC=CC/C(=N\N(C)C1=CC=CCC=C1)ONC. The summed E-state index contributed by atoms with van der Waals surface area (Å²) in [4.78, 5) is 5.38. The van der Waals surface area contributed by atoms with Crippen LogP contribution in [0.4, 0.5) is 0 Å². The van der Waals surface area contributed by atoms with E-state index in [4.69, 9.17) is 4.84 Å². The number of nitrogens with one attached hydrogen (secondary N) is 2. The van der Waals surface area contributed by atoms with Crippen molar-refractivity contribution < 1.29 is 4.84 Å². The van der Waals surface area contributed by atoms with Gasteiger partial charge in [-0.1, -0.05) is 36.8 Å². The highest BCUT2D eigenvalue weighted by molar-refractivity contribution is 5.77. The molecule has 0 amide bonds. The minimum Gasteiger partial charge on any atom is -0.391 e. The average Bonchev–Trinajstić information content (AvgIpc) is 2.83. The minimum absolute atomic E-state index is 0.587. The van der Waals surface area contributed by atoms with Gasteiger partial charge >= 0.3 is 0 Å². The summed E-state index contributed by atoms with van der Waals surface area (Å²) in [6.07, 6.45) is 18.7. The van der Waals surface area contributed by atoms with Crippen molar-refractivity contribution in [3.63, 3.8) is 0 Å². The molecule has 0 aromatic heterocycles. The first-order valence-corrected chi connectivity index (χ1v) is 7.92. The van der Waals surface area contributed by atoms with E-state index in [1.165, 1.54) is 5.57 Å². The molecule has 0 spiro atoms. The summed E-state index contributed by atoms with van der Waals surface area (Å²) in [5.41, 5.74) is 5.00. The van der Waals surface area contributed by atoms with Gasteiger partial charge in [0, 0.05) is 20.5 Å². The first-order chi connectivity index (χ1) is 11.2. The highest BCUT2D eigenvalue weighted by Gasteiger charge is 2.04. The fraction of sp³-hybridized carbons (Fsp3) is 0.389. The van der Waals surface area contributed by atoms with Gasteiger partial charge in [-0.25, -0.2) is 0 Å². The summed E-state index contributed by atoms with van der Waals surface area (Å²) in [5.74, 6) is 0.590. The topological polar surface area (TPSA) is 48.9 Å². The van der Waals surface area contributed by atoms with Crippen LogP contribution in [0.25, 0.3) is 0 Å². The highest BCUT2D eigenvalue weighted by atomic mass is 16.7. The predicted octanol–water partition coefficient (Wildman–Crippen LogP) is 3.59. The quantitative estimate of drug-likeness (QED) is 0.408. The molecule has 0 fully saturated rings. The number of hydrazone groups is 1. The zero-order valence-electron chi connectivity index (χ0n) is 14.5. The fourth-order valence-corrected chi connectivity index (χ4v) is 1.75. The number of hydrogen-bond acceptors (Lipinski definition) is 5. The van der Waals surface area contributed by atoms with Gasteiger partial charge in [0.1, 0.15) is 0 Å². The van der Waals surface area contributed by atoms with Crippen LogP contribution >= 0.6 is 0 Å². The zero-order valence-corrected chi connectivity index (χ0v) is 14.5. The molecule has 0 aliphatic heterocycles. The second-order valence-electron chi connectivity index (χ2n) is 5.10. The van der Waals surface area contributed by atoms with Gasteiger partial charge in [-0.05, 0) is 44.3 Å². The second-order valence-corrected chi connectivity index (χ2v) is 5.10. The van der Waals surface area contributed by atoms with E-state index in [-0.39, 0.29) is 0 Å². The molecule has 0 aromatic rings. The van der Waals surface area contributed by atoms with Crippen molar-refractivity contribution in [3.8, 4) is 0 Å². The Morgan fingerprint density at radius 2 is 2.26 bits per heavy atom. The van der Waals surface area contributed by atoms with E-state index >= 15 is 0 Å². The Bertz CT molecular complexity index is 527. The molecule has 0 aromatic carbocycles. The lowest BCUT2D eigenvalue weighted by Gasteiger charge is -2.15. The van der Waals surface area contributed by atoms with Gasteiger partial charge in [0.25, 0.3) is 0 Å². The van der Waals surface area contributed by atoms with Gasteiger partial charge in [-0.3, -0.25) is 5.01 Å². The van der Waals surface area contributed by atoms with Gasteiger partial charge in [0.05, 0.1) is 5.70 Å². The number of hydroxylamine groups is 1. The molecule has 0 saturated heterocycles. The molecule has 0 saturated carbocycles. The lowest BCUT2D eigenvalue weighted by atomic mass is 10.3. The number of rotatable bonds is 8. The van der Waals surface area contributed by atoms with E-state index in [1.807, 2.05) is 37.7 Å². The normalized spacial score (nSPS) is 15.6. The summed E-state index contributed by atoms with van der Waals surface area (Å²) < 4.78 is 0. The molecule has 23 heavy (non-hydrogen) atoms. The molecule has 0 bridgehead atoms. The van der Waals surface area contributed by atoms with E-state index in [9.17, 15) is 0 Å². The monoisotopic (exact) mass is 316 g/mol. The first-order valence-electron chi connectivity index (χ1n) is 7.92. The van der Waals surface area contributed by atoms with E-state index < -0.39 is 0 Å². The lowest BCUT2D eigenvalue weighted by Crippen LogP contribution is -2.20. The van der Waals surface area contributed by atoms with Gasteiger partial charge in [-0.15, -0.1) is 5.10 Å². The van der Waals surface area contributed by atoms with Crippen LogP contribution in [-0.2, 0) is 4.84 Å². The summed E-state index contributed by atoms with van der Waals surface area (Å²) in [6.45, 7) is 4.22. The Morgan fingerprint density at radius 1 is 1.43 bits per heavy atom. The Balaban J connectivity index is 2.63. The molecular weight excluding hydrogens is 288 g/mol. The lowest BCUT2D eigenvalue weighted by molar-refractivity contribution is 0.196. The zero-order chi connectivity index (χ0) is 16.9. The smallest absolute Gasteiger partial charge is 0.235 e. The molecule has 0 atom stereocenters. The average molecular weight is 316 g/mol.